The average molecular weight is 306 g/mol. The molecule has 3 rings (SSSR count). The second-order valence-corrected chi connectivity index (χ2v) is 6.07. The third kappa shape index (κ3) is 3.11. The predicted molar refractivity (Wildman–Crippen MR) is 79.5 cm³/mol. The maximum absolute atomic E-state index is 12.7. The number of carbonyl (C=O) groups is 1. The Morgan fingerprint density at radius 2 is 2.32 bits per heavy atom. The van der Waals surface area contributed by atoms with E-state index in [1.165, 1.54) is 12.4 Å². The van der Waals surface area contributed by atoms with Crippen molar-refractivity contribution in [3.63, 3.8) is 0 Å². The van der Waals surface area contributed by atoms with Crippen LogP contribution in [0.25, 0.3) is 0 Å². The molecule has 3 atom stereocenters. The van der Waals surface area contributed by atoms with E-state index in [1.807, 2.05) is 19.0 Å². The summed E-state index contributed by atoms with van der Waals surface area (Å²) < 4.78 is 11.6. The van der Waals surface area contributed by atoms with E-state index in [-0.39, 0.29) is 24.0 Å². The van der Waals surface area contributed by atoms with Gasteiger partial charge in [0.1, 0.15) is 0 Å². The zero-order valence-electron chi connectivity index (χ0n) is 13.0. The van der Waals surface area contributed by atoms with Crippen molar-refractivity contribution in [3.05, 3.63) is 24.0 Å². The van der Waals surface area contributed by atoms with Gasteiger partial charge in [-0.1, -0.05) is 0 Å². The molecule has 7 heteroatoms. The van der Waals surface area contributed by atoms with Crippen LogP contribution >= 0.6 is 0 Å². The number of carbonyl (C=O) groups excluding carboxylic acids is 1. The van der Waals surface area contributed by atoms with Gasteiger partial charge in [0.25, 0.3) is 5.91 Å². The summed E-state index contributed by atoms with van der Waals surface area (Å²) in [6.45, 7) is 3.40. The van der Waals surface area contributed by atoms with Crippen molar-refractivity contribution in [2.45, 2.75) is 12.1 Å². The molecule has 0 saturated carbocycles. The Morgan fingerprint density at radius 1 is 1.45 bits per heavy atom. The third-order valence-electron chi connectivity index (χ3n) is 4.31. The fourth-order valence-corrected chi connectivity index (χ4v) is 3.08. The maximum Gasteiger partial charge on any atom is 0.255 e. The minimum absolute atomic E-state index is 0.0193. The molecule has 0 aromatic carbocycles. The van der Waals surface area contributed by atoms with E-state index in [1.54, 1.807) is 6.07 Å². The van der Waals surface area contributed by atoms with Gasteiger partial charge in [-0.25, -0.2) is 0 Å². The van der Waals surface area contributed by atoms with E-state index in [9.17, 15) is 4.79 Å². The number of likely N-dealkylation sites (N-methyl/N-ethyl adjacent to an activating group) is 1. The van der Waals surface area contributed by atoms with Gasteiger partial charge >= 0.3 is 0 Å². The molecule has 1 aromatic heterocycles. The zero-order chi connectivity index (χ0) is 15.5. The van der Waals surface area contributed by atoms with Gasteiger partial charge in [0.2, 0.25) is 0 Å². The van der Waals surface area contributed by atoms with E-state index < -0.39 is 0 Å². The number of aromatic nitrogens is 2. The van der Waals surface area contributed by atoms with Crippen molar-refractivity contribution >= 4 is 5.91 Å². The molecule has 1 aromatic rings. The molecular weight excluding hydrogens is 284 g/mol. The Balaban J connectivity index is 1.67. The molecule has 120 valence electrons. The van der Waals surface area contributed by atoms with E-state index in [2.05, 4.69) is 15.1 Å². The largest absolute Gasteiger partial charge is 0.379 e. The van der Waals surface area contributed by atoms with Crippen LogP contribution in [0.2, 0.25) is 0 Å². The van der Waals surface area contributed by atoms with Gasteiger partial charge in [-0.2, -0.15) is 10.2 Å². The first kappa shape index (κ1) is 15.3. The molecule has 0 bridgehead atoms. The van der Waals surface area contributed by atoms with Crippen molar-refractivity contribution in [3.8, 4) is 0 Å². The van der Waals surface area contributed by atoms with Gasteiger partial charge in [-0.15, -0.1) is 0 Å². The first-order valence-electron chi connectivity index (χ1n) is 7.58. The van der Waals surface area contributed by atoms with E-state index in [0.717, 1.165) is 6.54 Å². The molecule has 0 spiro atoms. The molecule has 3 heterocycles. The molecule has 0 aliphatic carbocycles. The molecular formula is C15H22N4O3. The number of hydrogen-bond acceptors (Lipinski definition) is 6. The van der Waals surface area contributed by atoms with Crippen LogP contribution in [-0.4, -0.2) is 85.1 Å². The van der Waals surface area contributed by atoms with Crippen molar-refractivity contribution in [2.24, 2.45) is 5.92 Å². The summed E-state index contributed by atoms with van der Waals surface area (Å²) in [4.78, 5) is 16.6. The van der Waals surface area contributed by atoms with Crippen LogP contribution in [0.4, 0.5) is 0 Å². The third-order valence-corrected chi connectivity index (χ3v) is 4.31. The van der Waals surface area contributed by atoms with Crippen molar-refractivity contribution in [2.75, 3.05) is 47.0 Å². The molecule has 7 nitrogen and oxygen atoms in total. The molecule has 2 fully saturated rings. The highest BCUT2D eigenvalue weighted by Crippen LogP contribution is 2.33. The monoisotopic (exact) mass is 306 g/mol. The van der Waals surface area contributed by atoms with Crippen LogP contribution < -0.4 is 0 Å². The normalized spacial score (nSPS) is 27.4. The summed E-state index contributed by atoms with van der Waals surface area (Å²) in [5, 5.41) is 7.50. The smallest absolute Gasteiger partial charge is 0.255 e. The second-order valence-electron chi connectivity index (χ2n) is 6.07. The SMILES string of the molecule is CN(C)CCO[C@H]1CN(C(=O)c2ccnnc2)[C@H]2COC[C@@H]12. The molecule has 2 aliphatic heterocycles. The fraction of sp³-hybridized carbons (Fsp3) is 0.667. The van der Waals surface area contributed by atoms with Crippen molar-refractivity contribution in [1.82, 2.24) is 20.0 Å². The van der Waals surface area contributed by atoms with Crippen LogP contribution in [0.15, 0.2) is 18.5 Å². The van der Waals surface area contributed by atoms with Gasteiger partial charge in [0.05, 0.1) is 49.9 Å². The number of ether oxygens (including phenoxy) is 2. The van der Waals surface area contributed by atoms with Gasteiger partial charge < -0.3 is 19.3 Å². The van der Waals surface area contributed by atoms with Crippen molar-refractivity contribution in [1.29, 1.82) is 0 Å². The Hall–Kier alpha value is -1.57. The average Bonchev–Trinajstić information content (AvgIpc) is 3.10. The van der Waals surface area contributed by atoms with Gasteiger partial charge in [-0.05, 0) is 20.2 Å². The molecule has 1 amide bonds. The highest BCUT2D eigenvalue weighted by molar-refractivity contribution is 5.94. The lowest BCUT2D eigenvalue weighted by molar-refractivity contribution is 0.0136. The highest BCUT2D eigenvalue weighted by atomic mass is 16.5. The van der Waals surface area contributed by atoms with Gasteiger partial charge in [-0.3, -0.25) is 4.79 Å². The highest BCUT2D eigenvalue weighted by Gasteiger charge is 2.48. The summed E-state index contributed by atoms with van der Waals surface area (Å²) in [7, 11) is 4.04. The Labute approximate surface area is 130 Å². The van der Waals surface area contributed by atoms with Crippen LogP contribution in [0.1, 0.15) is 10.4 Å². The first-order chi connectivity index (χ1) is 10.7. The Bertz CT molecular complexity index is 511. The lowest BCUT2D eigenvalue weighted by atomic mass is 10.0. The number of hydrogen-bond donors (Lipinski definition) is 0. The summed E-state index contributed by atoms with van der Waals surface area (Å²) >= 11 is 0. The predicted octanol–water partition coefficient (Wildman–Crippen LogP) is -0.106. The number of likely N-dealkylation sites (tertiary alicyclic amines) is 1. The maximum atomic E-state index is 12.7. The number of rotatable bonds is 5. The van der Waals surface area contributed by atoms with E-state index in [0.29, 0.717) is 31.9 Å². The standard InChI is InChI=1S/C15H22N4O3/c1-18(2)5-6-22-14-8-19(13-10-21-9-12(13)14)15(20)11-3-4-16-17-7-11/h3-4,7,12-14H,5-6,8-10H2,1-2H3/t12-,13+,14+/m1/s1. The number of amides is 1. The molecule has 2 saturated heterocycles. The fourth-order valence-electron chi connectivity index (χ4n) is 3.08. The van der Waals surface area contributed by atoms with Gasteiger partial charge in [0, 0.05) is 19.0 Å². The van der Waals surface area contributed by atoms with Crippen molar-refractivity contribution < 1.29 is 14.3 Å². The van der Waals surface area contributed by atoms with E-state index in [4.69, 9.17) is 9.47 Å². The van der Waals surface area contributed by atoms with Crippen LogP contribution in [0.5, 0.6) is 0 Å². The molecule has 0 radical (unpaired) electrons. The van der Waals surface area contributed by atoms with Crippen LogP contribution in [-0.2, 0) is 9.47 Å². The summed E-state index contributed by atoms with van der Waals surface area (Å²) in [6, 6.07) is 1.80. The lowest BCUT2D eigenvalue weighted by Gasteiger charge is -2.22. The molecule has 22 heavy (non-hydrogen) atoms. The Kier molecular flexibility index (Phi) is 4.66. The Morgan fingerprint density at radius 3 is 3.05 bits per heavy atom. The zero-order valence-corrected chi connectivity index (χ0v) is 13.0. The minimum Gasteiger partial charge on any atom is -0.379 e. The van der Waals surface area contributed by atoms with E-state index >= 15 is 0 Å². The molecule has 0 unspecified atom stereocenters. The van der Waals surface area contributed by atoms with Crippen LogP contribution in [0, 0.1) is 5.92 Å². The van der Waals surface area contributed by atoms with Gasteiger partial charge in [0.15, 0.2) is 0 Å². The number of nitrogens with zero attached hydrogens (tertiary/aromatic N) is 4. The topological polar surface area (TPSA) is 67.8 Å². The second kappa shape index (κ2) is 6.68. The quantitative estimate of drug-likeness (QED) is 0.756. The van der Waals surface area contributed by atoms with Crippen LogP contribution in [0.3, 0.4) is 0 Å². The summed E-state index contributed by atoms with van der Waals surface area (Å²) in [6.07, 6.45) is 3.09. The lowest BCUT2D eigenvalue weighted by Crippen LogP contribution is -2.38. The number of fused-ring (bicyclic) bond motifs is 1. The molecule has 2 aliphatic rings. The first-order valence-corrected chi connectivity index (χ1v) is 7.58. The molecule has 0 N–H and O–H groups in total. The minimum atomic E-state index is -0.0193. The summed E-state index contributed by atoms with van der Waals surface area (Å²) in [5.41, 5.74) is 0.564. The summed E-state index contributed by atoms with van der Waals surface area (Å²) in [5.74, 6) is 0.245.